The molecule has 26 heavy (non-hydrogen) atoms. The maximum absolute atomic E-state index is 12.9. The lowest BCUT2D eigenvalue weighted by atomic mass is 10.1. The van der Waals surface area contributed by atoms with Crippen LogP contribution in [0.3, 0.4) is 0 Å². The van der Waals surface area contributed by atoms with Gasteiger partial charge < -0.3 is 5.32 Å². The largest absolute Gasteiger partial charge is 0.310 e. The van der Waals surface area contributed by atoms with Crippen LogP contribution >= 0.6 is 11.8 Å². The number of aromatic amines is 1. The van der Waals surface area contributed by atoms with Gasteiger partial charge in [0.05, 0.1) is 28.3 Å². The van der Waals surface area contributed by atoms with E-state index in [0.29, 0.717) is 17.1 Å². The van der Waals surface area contributed by atoms with Crippen molar-refractivity contribution in [3.63, 3.8) is 0 Å². The zero-order valence-corrected chi connectivity index (χ0v) is 16.1. The lowest BCUT2D eigenvalue weighted by Gasteiger charge is -2.19. The molecule has 3 heterocycles. The van der Waals surface area contributed by atoms with Gasteiger partial charge in [0.15, 0.2) is 0 Å². The van der Waals surface area contributed by atoms with E-state index in [1.54, 1.807) is 4.68 Å². The number of fused-ring (bicyclic) bond motifs is 1. The number of anilines is 1. The molecule has 4 rings (SSSR count). The minimum absolute atomic E-state index is 0.0540. The van der Waals surface area contributed by atoms with Crippen LogP contribution in [0.25, 0.3) is 0 Å². The SMILES string of the molecule is Cc1nn(C)cc1[C@@H]1SCC(=O)Nc2c1c(=O)[nH]n2C1CCCCCC1. The third-order valence-corrected chi connectivity index (χ3v) is 6.64. The number of carbonyl (C=O) groups is 1. The second kappa shape index (κ2) is 6.98. The lowest BCUT2D eigenvalue weighted by molar-refractivity contribution is -0.113. The smallest absolute Gasteiger partial charge is 0.270 e. The summed E-state index contributed by atoms with van der Waals surface area (Å²) in [7, 11) is 1.88. The first kappa shape index (κ1) is 17.5. The summed E-state index contributed by atoms with van der Waals surface area (Å²) in [6.07, 6.45) is 8.83. The Bertz CT molecular complexity index is 873. The number of nitrogens with zero attached hydrogens (tertiary/aromatic N) is 3. The van der Waals surface area contributed by atoms with Crippen LogP contribution < -0.4 is 10.9 Å². The number of aromatic nitrogens is 4. The lowest BCUT2D eigenvalue weighted by Crippen LogP contribution is -2.19. The molecule has 0 saturated heterocycles. The molecule has 0 spiro atoms. The van der Waals surface area contributed by atoms with Crippen molar-refractivity contribution in [2.75, 3.05) is 11.1 Å². The number of H-pyrrole nitrogens is 1. The van der Waals surface area contributed by atoms with Crippen LogP contribution in [-0.2, 0) is 11.8 Å². The summed E-state index contributed by atoms with van der Waals surface area (Å²) in [6.45, 7) is 1.95. The molecular formula is C18H25N5O2S. The molecule has 7 nitrogen and oxygen atoms in total. The number of rotatable bonds is 2. The van der Waals surface area contributed by atoms with E-state index in [-0.39, 0.29) is 22.8 Å². The molecule has 1 saturated carbocycles. The highest BCUT2D eigenvalue weighted by atomic mass is 32.2. The van der Waals surface area contributed by atoms with Crippen molar-refractivity contribution in [2.24, 2.45) is 7.05 Å². The zero-order valence-electron chi connectivity index (χ0n) is 15.2. The first-order valence-electron chi connectivity index (χ1n) is 9.30. The fourth-order valence-electron chi connectivity index (χ4n) is 4.15. The summed E-state index contributed by atoms with van der Waals surface area (Å²) >= 11 is 1.49. The van der Waals surface area contributed by atoms with Crippen LogP contribution in [0.2, 0.25) is 0 Å². The number of thioether (sulfide) groups is 1. The van der Waals surface area contributed by atoms with Gasteiger partial charge in [0.2, 0.25) is 5.91 Å². The van der Waals surface area contributed by atoms with Crippen LogP contribution in [0.15, 0.2) is 11.0 Å². The molecule has 2 aromatic rings. The molecule has 0 bridgehead atoms. The Labute approximate surface area is 156 Å². The van der Waals surface area contributed by atoms with E-state index in [9.17, 15) is 9.59 Å². The third-order valence-electron chi connectivity index (χ3n) is 5.39. The Morgan fingerprint density at radius 1 is 1.19 bits per heavy atom. The van der Waals surface area contributed by atoms with Crippen LogP contribution in [0.4, 0.5) is 5.82 Å². The molecular weight excluding hydrogens is 350 g/mol. The topological polar surface area (TPSA) is 84.7 Å². The van der Waals surface area contributed by atoms with E-state index in [2.05, 4.69) is 15.5 Å². The number of nitrogens with one attached hydrogen (secondary N) is 2. The summed E-state index contributed by atoms with van der Waals surface area (Å²) in [4.78, 5) is 25.2. The number of hydrogen-bond acceptors (Lipinski definition) is 4. The van der Waals surface area contributed by atoms with Gasteiger partial charge in [-0.3, -0.25) is 24.1 Å². The quantitative estimate of drug-likeness (QED) is 0.791. The minimum atomic E-state index is -0.187. The van der Waals surface area contributed by atoms with Gasteiger partial charge in [-0.05, 0) is 19.8 Å². The highest BCUT2D eigenvalue weighted by Gasteiger charge is 2.33. The number of aryl methyl sites for hydroxylation is 2. The Balaban J connectivity index is 1.82. The van der Waals surface area contributed by atoms with Crippen molar-refractivity contribution in [3.8, 4) is 0 Å². The summed E-state index contributed by atoms with van der Waals surface area (Å²) in [5.41, 5.74) is 2.44. The van der Waals surface area contributed by atoms with Crippen molar-refractivity contribution in [1.82, 2.24) is 19.6 Å². The van der Waals surface area contributed by atoms with Crippen LogP contribution in [0.1, 0.15) is 66.6 Å². The van der Waals surface area contributed by atoms with E-state index in [4.69, 9.17) is 0 Å². The summed E-state index contributed by atoms with van der Waals surface area (Å²) in [5, 5.41) is 10.3. The fourth-order valence-corrected chi connectivity index (χ4v) is 5.34. The highest BCUT2D eigenvalue weighted by Crippen LogP contribution is 2.42. The van der Waals surface area contributed by atoms with Gasteiger partial charge in [-0.25, -0.2) is 0 Å². The van der Waals surface area contributed by atoms with Crippen LogP contribution in [-0.4, -0.2) is 31.2 Å². The molecule has 0 radical (unpaired) electrons. The molecule has 1 atom stereocenters. The van der Waals surface area contributed by atoms with E-state index < -0.39 is 0 Å². The van der Waals surface area contributed by atoms with Crippen molar-refractivity contribution in [1.29, 1.82) is 0 Å². The molecule has 1 aliphatic heterocycles. The first-order valence-corrected chi connectivity index (χ1v) is 10.4. The van der Waals surface area contributed by atoms with Crippen LogP contribution in [0.5, 0.6) is 0 Å². The van der Waals surface area contributed by atoms with Crippen LogP contribution in [0, 0.1) is 6.92 Å². The molecule has 2 aliphatic rings. The van der Waals surface area contributed by atoms with Gasteiger partial charge in [0.1, 0.15) is 5.82 Å². The van der Waals surface area contributed by atoms with Crippen molar-refractivity contribution >= 4 is 23.5 Å². The average molecular weight is 375 g/mol. The molecule has 2 aromatic heterocycles. The molecule has 2 N–H and O–H groups in total. The van der Waals surface area contributed by atoms with E-state index in [1.165, 1.54) is 24.6 Å². The second-order valence-electron chi connectivity index (χ2n) is 7.30. The van der Waals surface area contributed by atoms with Gasteiger partial charge >= 0.3 is 0 Å². The summed E-state index contributed by atoms with van der Waals surface area (Å²) in [5.74, 6) is 0.935. The van der Waals surface area contributed by atoms with Gasteiger partial charge in [-0.15, -0.1) is 11.8 Å². The molecule has 1 aliphatic carbocycles. The molecule has 1 amide bonds. The average Bonchev–Trinajstić information content (AvgIpc) is 2.92. The Hall–Kier alpha value is -1.96. The zero-order chi connectivity index (χ0) is 18.3. The molecule has 8 heteroatoms. The summed E-state index contributed by atoms with van der Waals surface area (Å²) < 4.78 is 3.70. The number of hydrogen-bond donors (Lipinski definition) is 2. The predicted molar refractivity (Wildman–Crippen MR) is 103 cm³/mol. The van der Waals surface area contributed by atoms with E-state index >= 15 is 0 Å². The van der Waals surface area contributed by atoms with Crippen molar-refractivity contribution < 1.29 is 4.79 Å². The van der Waals surface area contributed by atoms with Gasteiger partial charge in [0.25, 0.3) is 5.56 Å². The molecule has 140 valence electrons. The Kier molecular flexibility index (Phi) is 4.69. The summed E-state index contributed by atoms with van der Waals surface area (Å²) in [6, 6.07) is 0.244. The van der Waals surface area contributed by atoms with Crippen molar-refractivity contribution in [2.45, 2.75) is 56.7 Å². The standard InChI is InChI=1S/C18H25N5O2S/c1-11-13(9-22(2)20-11)16-15-17(19-14(24)10-26-16)23(21-18(15)25)12-7-5-3-4-6-8-12/h9,12,16H,3-8,10H2,1-2H3,(H,19,24)(H,21,25)/t16-/m0/s1. The van der Waals surface area contributed by atoms with Crippen molar-refractivity contribution in [3.05, 3.63) is 33.4 Å². The predicted octanol–water partition coefficient (Wildman–Crippen LogP) is 2.89. The molecule has 0 aromatic carbocycles. The number of amides is 1. The number of carbonyl (C=O) groups excluding carboxylic acids is 1. The fraction of sp³-hybridized carbons (Fsp3) is 0.611. The third kappa shape index (κ3) is 3.11. The first-order chi connectivity index (χ1) is 12.5. The molecule has 0 unspecified atom stereocenters. The van der Waals surface area contributed by atoms with Gasteiger partial charge in [-0.2, -0.15) is 5.10 Å². The highest BCUT2D eigenvalue weighted by molar-refractivity contribution is 8.00. The van der Waals surface area contributed by atoms with Gasteiger partial charge in [0, 0.05) is 18.8 Å². The maximum atomic E-state index is 12.9. The Morgan fingerprint density at radius 3 is 2.58 bits per heavy atom. The Morgan fingerprint density at radius 2 is 1.92 bits per heavy atom. The second-order valence-corrected chi connectivity index (χ2v) is 8.39. The normalized spacial score (nSPS) is 21.8. The van der Waals surface area contributed by atoms with E-state index in [0.717, 1.165) is 36.9 Å². The maximum Gasteiger partial charge on any atom is 0.270 e. The van der Waals surface area contributed by atoms with E-state index in [1.807, 2.05) is 24.9 Å². The minimum Gasteiger partial charge on any atom is -0.310 e. The monoisotopic (exact) mass is 375 g/mol. The molecule has 1 fully saturated rings. The van der Waals surface area contributed by atoms with Gasteiger partial charge in [-0.1, -0.05) is 25.7 Å².